The molecule has 0 radical (unpaired) electrons. The number of amides is 1. The predicted molar refractivity (Wildman–Crippen MR) is 103 cm³/mol. The van der Waals surface area contributed by atoms with Gasteiger partial charge in [0.25, 0.3) is 5.91 Å². The molecule has 4 rings (SSSR count). The molecular weight excluding hydrogens is 363 g/mol. The quantitative estimate of drug-likeness (QED) is 0.572. The summed E-state index contributed by atoms with van der Waals surface area (Å²) in [6.45, 7) is 2.50. The summed E-state index contributed by atoms with van der Waals surface area (Å²) < 4.78 is 14.8. The van der Waals surface area contributed by atoms with Gasteiger partial charge in [0.2, 0.25) is 4.96 Å². The van der Waals surface area contributed by atoms with Crippen LogP contribution in [0.5, 0.6) is 0 Å². The molecule has 2 aromatic heterocycles. The number of nitrogens with one attached hydrogen (secondary N) is 1. The number of benzene rings is 2. The number of rotatable bonds is 5. The first-order valence-electron chi connectivity index (χ1n) is 8.56. The van der Waals surface area contributed by atoms with Gasteiger partial charge in [0.1, 0.15) is 5.82 Å². The van der Waals surface area contributed by atoms with Crippen molar-refractivity contribution in [1.29, 1.82) is 0 Å². The largest absolute Gasteiger partial charge is 0.352 e. The van der Waals surface area contributed by atoms with Crippen molar-refractivity contribution in [3.63, 3.8) is 0 Å². The molecule has 0 spiro atoms. The van der Waals surface area contributed by atoms with Crippen LogP contribution in [0.1, 0.15) is 20.9 Å². The van der Waals surface area contributed by atoms with Gasteiger partial charge in [-0.25, -0.2) is 8.91 Å². The molecule has 2 aromatic carbocycles. The minimum atomic E-state index is -0.355. The summed E-state index contributed by atoms with van der Waals surface area (Å²) in [7, 11) is 0. The molecule has 5 nitrogen and oxygen atoms in total. The number of aromatic nitrogens is 3. The van der Waals surface area contributed by atoms with Crippen molar-refractivity contribution in [3.05, 3.63) is 76.5 Å². The predicted octanol–water partition coefficient (Wildman–Crippen LogP) is 3.88. The Morgan fingerprint density at radius 3 is 2.59 bits per heavy atom. The molecule has 27 heavy (non-hydrogen) atoms. The standard InChI is InChI=1S/C20H17FN4OS/c1-13-17(11-12-22-19(26)15-7-9-16(21)10-8-15)27-20-23-18(24-25(13)20)14-5-3-2-4-6-14/h2-10H,11-12H2,1H3,(H,22,26). The van der Waals surface area contributed by atoms with Gasteiger partial charge in [0.15, 0.2) is 5.82 Å². The summed E-state index contributed by atoms with van der Waals surface area (Å²) in [6.07, 6.45) is 0.690. The Morgan fingerprint density at radius 2 is 1.89 bits per heavy atom. The molecule has 1 amide bonds. The Kier molecular flexibility index (Phi) is 4.68. The first-order valence-corrected chi connectivity index (χ1v) is 9.38. The van der Waals surface area contributed by atoms with Crippen LogP contribution in [0.25, 0.3) is 16.3 Å². The van der Waals surface area contributed by atoms with E-state index in [1.807, 2.05) is 41.8 Å². The molecule has 2 heterocycles. The van der Waals surface area contributed by atoms with Gasteiger partial charge in [-0.05, 0) is 31.2 Å². The molecule has 1 N–H and O–H groups in total. The summed E-state index contributed by atoms with van der Waals surface area (Å²) in [6, 6.07) is 15.4. The Balaban J connectivity index is 1.43. The van der Waals surface area contributed by atoms with Crippen LogP contribution in [0.3, 0.4) is 0 Å². The summed E-state index contributed by atoms with van der Waals surface area (Å²) >= 11 is 1.58. The van der Waals surface area contributed by atoms with Gasteiger partial charge in [0.05, 0.1) is 5.69 Å². The van der Waals surface area contributed by atoms with Crippen LogP contribution in [-0.2, 0) is 6.42 Å². The molecule has 0 aliphatic carbocycles. The SMILES string of the molecule is Cc1c(CCNC(=O)c2ccc(F)cc2)sc2nc(-c3ccccc3)nn12. The van der Waals surface area contributed by atoms with Crippen LogP contribution in [-0.4, -0.2) is 27.0 Å². The number of halogens is 1. The lowest BCUT2D eigenvalue weighted by Crippen LogP contribution is -2.25. The van der Waals surface area contributed by atoms with E-state index in [1.54, 1.807) is 11.3 Å². The molecule has 0 fully saturated rings. The van der Waals surface area contributed by atoms with Crippen LogP contribution in [0, 0.1) is 12.7 Å². The lowest BCUT2D eigenvalue weighted by Gasteiger charge is -2.05. The van der Waals surface area contributed by atoms with E-state index in [0.29, 0.717) is 24.4 Å². The molecule has 0 atom stereocenters. The average Bonchev–Trinajstić information content (AvgIpc) is 3.23. The highest BCUT2D eigenvalue weighted by atomic mass is 32.1. The second-order valence-electron chi connectivity index (χ2n) is 6.12. The van der Waals surface area contributed by atoms with Gasteiger partial charge in [0, 0.05) is 29.0 Å². The van der Waals surface area contributed by atoms with Gasteiger partial charge in [-0.3, -0.25) is 4.79 Å². The van der Waals surface area contributed by atoms with Crippen molar-refractivity contribution in [3.8, 4) is 11.4 Å². The number of fused-ring (bicyclic) bond motifs is 1. The third-order valence-electron chi connectivity index (χ3n) is 4.29. The summed E-state index contributed by atoms with van der Waals surface area (Å²) in [5.74, 6) is 0.145. The number of thiazole rings is 1. The molecule has 0 aliphatic heterocycles. The third-order valence-corrected chi connectivity index (χ3v) is 5.48. The second kappa shape index (κ2) is 7.28. The maximum atomic E-state index is 12.9. The van der Waals surface area contributed by atoms with Crippen molar-refractivity contribution in [2.45, 2.75) is 13.3 Å². The van der Waals surface area contributed by atoms with E-state index < -0.39 is 0 Å². The van der Waals surface area contributed by atoms with E-state index in [1.165, 1.54) is 24.3 Å². The van der Waals surface area contributed by atoms with Crippen LogP contribution >= 0.6 is 11.3 Å². The topological polar surface area (TPSA) is 59.3 Å². The maximum Gasteiger partial charge on any atom is 0.251 e. The van der Waals surface area contributed by atoms with Gasteiger partial charge >= 0.3 is 0 Å². The van der Waals surface area contributed by atoms with Gasteiger partial charge in [-0.1, -0.05) is 41.7 Å². The normalized spacial score (nSPS) is 11.0. The summed E-state index contributed by atoms with van der Waals surface area (Å²) in [4.78, 5) is 18.7. The Morgan fingerprint density at radius 1 is 1.15 bits per heavy atom. The molecule has 4 aromatic rings. The number of aryl methyl sites for hydroxylation is 1. The zero-order valence-corrected chi connectivity index (χ0v) is 15.5. The van der Waals surface area contributed by atoms with E-state index in [2.05, 4.69) is 15.4 Å². The molecular formula is C20H17FN4OS. The van der Waals surface area contributed by atoms with Crippen molar-refractivity contribution in [1.82, 2.24) is 19.9 Å². The van der Waals surface area contributed by atoms with E-state index >= 15 is 0 Å². The fraction of sp³-hybridized carbons (Fsp3) is 0.150. The lowest BCUT2D eigenvalue weighted by atomic mass is 10.2. The maximum absolute atomic E-state index is 12.9. The molecule has 136 valence electrons. The highest BCUT2D eigenvalue weighted by Gasteiger charge is 2.14. The van der Waals surface area contributed by atoms with Crippen molar-refractivity contribution < 1.29 is 9.18 Å². The highest BCUT2D eigenvalue weighted by molar-refractivity contribution is 7.17. The first kappa shape index (κ1) is 17.4. The van der Waals surface area contributed by atoms with Crippen molar-refractivity contribution >= 4 is 22.2 Å². The number of carbonyl (C=O) groups is 1. The third kappa shape index (κ3) is 3.59. The minimum absolute atomic E-state index is 0.210. The van der Waals surface area contributed by atoms with E-state index in [4.69, 9.17) is 0 Å². The van der Waals surface area contributed by atoms with E-state index in [9.17, 15) is 9.18 Å². The number of nitrogens with zero attached hydrogens (tertiary/aromatic N) is 3. The van der Waals surface area contributed by atoms with Crippen LogP contribution in [0.15, 0.2) is 54.6 Å². The Hall–Kier alpha value is -3.06. The molecule has 0 saturated heterocycles. The van der Waals surface area contributed by atoms with Crippen LogP contribution < -0.4 is 5.32 Å². The fourth-order valence-electron chi connectivity index (χ4n) is 2.82. The van der Waals surface area contributed by atoms with Gasteiger partial charge < -0.3 is 5.32 Å². The number of hydrogen-bond donors (Lipinski definition) is 1. The molecule has 0 bridgehead atoms. The Labute approximate surface area is 159 Å². The molecule has 0 saturated carbocycles. The van der Waals surface area contributed by atoms with Crippen molar-refractivity contribution in [2.24, 2.45) is 0 Å². The summed E-state index contributed by atoms with van der Waals surface area (Å²) in [5.41, 5.74) is 2.46. The molecule has 0 aliphatic rings. The zero-order valence-electron chi connectivity index (χ0n) is 14.6. The number of carbonyl (C=O) groups excluding carboxylic acids is 1. The lowest BCUT2D eigenvalue weighted by molar-refractivity contribution is 0.0954. The van der Waals surface area contributed by atoms with E-state index in [0.717, 1.165) is 21.1 Å². The molecule has 7 heteroatoms. The highest BCUT2D eigenvalue weighted by Crippen LogP contribution is 2.25. The van der Waals surface area contributed by atoms with Gasteiger partial charge in [-0.15, -0.1) is 5.10 Å². The first-order chi connectivity index (χ1) is 13.1. The second-order valence-corrected chi connectivity index (χ2v) is 7.18. The smallest absolute Gasteiger partial charge is 0.251 e. The fourth-order valence-corrected chi connectivity index (χ4v) is 3.87. The van der Waals surface area contributed by atoms with Crippen LogP contribution in [0.2, 0.25) is 0 Å². The minimum Gasteiger partial charge on any atom is -0.352 e. The number of hydrogen-bond acceptors (Lipinski definition) is 4. The Bertz CT molecular complexity index is 1090. The average molecular weight is 380 g/mol. The van der Waals surface area contributed by atoms with Gasteiger partial charge in [-0.2, -0.15) is 4.98 Å². The van der Waals surface area contributed by atoms with Crippen molar-refractivity contribution in [2.75, 3.05) is 6.54 Å². The molecule has 0 unspecified atom stereocenters. The summed E-state index contributed by atoms with van der Waals surface area (Å²) in [5, 5.41) is 7.46. The zero-order chi connectivity index (χ0) is 18.8. The monoisotopic (exact) mass is 380 g/mol. The van der Waals surface area contributed by atoms with E-state index in [-0.39, 0.29) is 11.7 Å². The van der Waals surface area contributed by atoms with Crippen LogP contribution in [0.4, 0.5) is 4.39 Å².